The lowest BCUT2D eigenvalue weighted by molar-refractivity contribution is 0.402. The van der Waals surface area contributed by atoms with Gasteiger partial charge in [0.1, 0.15) is 17.6 Å². The Morgan fingerprint density at radius 1 is 1.00 bits per heavy atom. The fraction of sp³-hybridized carbons (Fsp3) is 0.333. The fourth-order valence-corrected chi connectivity index (χ4v) is 2.35. The second-order valence-electron chi connectivity index (χ2n) is 5.56. The summed E-state index contributed by atoms with van der Waals surface area (Å²) in [5.74, 6) is 0.846. The predicted molar refractivity (Wildman–Crippen MR) is 89.5 cm³/mol. The van der Waals surface area contributed by atoms with Crippen molar-refractivity contribution in [2.45, 2.75) is 20.0 Å². The van der Waals surface area contributed by atoms with Crippen LogP contribution in [0.2, 0.25) is 0 Å². The highest BCUT2D eigenvalue weighted by Gasteiger charge is 2.08. The number of benzene rings is 1. The predicted octanol–water partition coefficient (Wildman–Crippen LogP) is 3.04. The number of nitrogens with zero attached hydrogens (tertiary/aromatic N) is 4. The Morgan fingerprint density at radius 2 is 1.64 bits per heavy atom. The second kappa shape index (κ2) is 7.58. The summed E-state index contributed by atoms with van der Waals surface area (Å²) in [6.07, 6.45) is 0. The minimum absolute atomic E-state index is 0.456. The van der Waals surface area contributed by atoms with Crippen molar-refractivity contribution in [3.8, 4) is 6.07 Å². The zero-order chi connectivity index (χ0) is 15.9. The summed E-state index contributed by atoms with van der Waals surface area (Å²) < 4.78 is 0. The van der Waals surface area contributed by atoms with Gasteiger partial charge >= 0.3 is 0 Å². The van der Waals surface area contributed by atoms with Gasteiger partial charge in [0, 0.05) is 19.6 Å². The Labute approximate surface area is 132 Å². The average Bonchev–Trinajstić information content (AvgIpc) is 2.53. The van der Waals surface area contributed by atoms with Gasteiger partial charge in [-0.15, -0.1) is 0 Å². The molecule has 0 radical (unpaired) electrons. The molecule has 0 aliphatic rings. The first-order valence-corrected chi connectivity index (χ1v) is 7.47. The van der Waals surface area contributed by atoms with Crippen molar-refractivity contribution in [1.82, 2.24) is 9.88 Å². The molecule has 0 saturated carbocycles. The van der Waals surface area contributed by atoms with E-state index in [2.05, 4.69) is 66.1 Å². The minimum atomic E-state index is 0.456. The van der Waals surface area contributed by atoms with E-state index in [9.17, 15) is 0 Å². The molecule has 0 aliphatic heterocycles. The molecule has 0 amide bonds. The second-order valence-corrected chi connectivity index (χ2v) is 5.56. The molecule has 1 aromatic heterocycles. The quantitative estimate of drug-likeness (QED) is 0.821. The topological polar surface area (TPSA) is 43.2 Å². The van der Waals surface area contributed by atoms with Gasteiger partial charge < -0.3 is 9.80 Å². The van der Waals surface area contributed by atoms with Crippen molar-refractivity contribution in [2.75, 3.05) is 25.5 Å². The summed E-state index contributed by atoms with van der Waals surface area (Å²) in [5.41, 5.74) is 3.01. The van der Waals surface area contributed by atoms with Gasteiger partial charge in [0.15, 0.2) is 0 Å². The van der Waals surface area contributed by atoms with E-state index in [-0.39, 0.29) is 0 Å². The van der Waals surface area contributed by atoms with E-state index < -0.39 is 0 Å². The van der Waals surface area contributed by atoms with Crippen LogP contribution in [0.25, 0.3) is 0 Å². The lowest BCUT2D eigenvalue weighted by Gasteiger charge is -2.22. The smallest absolute Gasteiger partial charge is 0.142 e. The maximum Gasteiger partial charge on any atom is 0.142 e. The van der Waals surface area contributed by atoms with Crippen LogP contribution >= 0.6 is 0 Å². The third-order valence-corrected chi connectivity index (χ3v) is 3.45. The first kappa shape index (κ1) is 16.0. The molecule has 0 saturated heterocycles. The van der Waals surface area contributed by atoms with Crippen LogP contribution in [0, 0.1) is 11.3 Å². The molecule has 0 atom stereocenters. The number of hydrogen-bond donors (Lipinski definition) is 0. The third kappa shape index (κ3) is 4.31. The highest BCUT2D eigenvalue weighted by Crippen LogP contribution is 2.15. The largest absolute Gasteiger partial charge is 0.353 e. The normalized spacial score (nSPS) is 10.5. The van der Waals surface area contributed by atoms with E-state index in [1.807, 2.05) is 12.1 Å². The number of aromatic nitrogens is 1. The molecule has 4 heteroatoms. The highest BCUT2D eigenvalue weighted by molar-refractivity contribution is 5.42. The average molecular weight is 294 g/mol. The molecule has 1 aromatic carbocycles. The number of rotatable bonds is 6. The van der Waals surface area contributed by atoms with Crippen molar-refractivity contribution in [1.29, 1.82) is 5.26 Å². The number of nitriles is 1. The summed E-state index contributed by atoms with van der Waals surface area (Å²) in [7, 11) is 4.14. The fourth-order valence-electron chi connectivity index (χ4n) is 2.35. The first-order valence-electron chi connectivity index (χ1n) is 7.47. The molecule has 4 nitrogen and oxygen atoms in total. The molecule has 22 heavy (non-hydrogen) atoms. The van der Waals surface area contributed by atoms with Gasteiger partial charge in [-0.25, -0.2) is 4.98 Å². The molecule has 0 spiro atoms. The van der Waals surface area contributed by atoms with E-state index >= 15 is 0 Å². The van der Waals surface area contributed by atoms with E-state index in [1.165, 1.54) is 11.1 Å². The molecule has 0 unspecified atom stereocenters. The Morgan fingerprint density at radius 3 is 2.18 bits per heavy atom. The van der Waals surface area contributed by atoms with Crippen molar-refractivity contribution in [3.05, 3.63) is 59.3 Å². The zero-order valence-electron chi connectivity index (χ0n) is 13.5. The number of pyridine rings is 1. The number of hydrogen-bond acceptors (Lipinski definition) is 4. The van der Waals surface area contributed by atoms with Gasteiger partial charge in [-0.1, -0.05) is 30.3 Å². The molecule has 2 rings (SSSR count). The summed E-state index contributed by atoms with van der Waals surface area (Å²) in [5, 5.41) is 8.97. The molecular formula is C18H22N4. The van der Waals surface area contributed by atoms with Gasteiger partial charge in [0.05, 0.1) is 0 Å². The Bertz CT molecular complexity index is 641. The molecule has 114 valence electrons. The molecule has 1 heterocycles. The van der Waals surface area contributed by atoms with Gasteiger partial charge in [0.2, 0.25) is 0 Å². The number of anilines is 1. The van der Waals surface area contributed by atoms with Crippen LogP contribution in [0.4, 0.5) is 5.82 Å². The maximum atomic E-state index is 8.97. The van der Waals surface area contributed by atoms with Crippen LogP contribution < -0.4 is 4.90 Å². The van der Waals surface area contributed by atoms with Crippen molar-refractivity contribution in [3.63, 3.8) is 0 Å². The first-order chi connectivity index (χ1) is 10.6. The van der Waals surface area contributed by atoms with Gasteiger partial charge in [-0.05, 0) is 44.3 Å². The summed E-state index contributed by atoms with van der Waals surface area (Å²) in [6, 6.07) is 16.3. The standard InChI is InChI=1S/C18H22N4/c1-4-22(18-7-5-6-17(12-19)20-18)14-16-10-8-15(9-11-16)13-21(2)3/h5-11H,4,13-14H2,1-3H3. The molecular weight excluding hydrogens is 272 g/mol. The van der Waals surface area contributed by atoms with Gasteiger partial charge in [-0.3, -0.25) is 0 Å². The molecule has 2 aromatic rings. The Hall–Kier alpha value is -2.38. The lowest BCUT2D eigenvalue weighted by Crippen LogP contribution is -2.23. The summed E-state index contributed by atoms with van der Waals surface area (Å²) >= 11 is 0. The van der Waals surface area contributed by atoms with E-state index in [0.717, 1.165) is 25.5 Å². The van der Waals surface area contributed by atoms with Crippen LogP contribution in [-0.4, -0.2) is 30.5 Å². The van der Waals surface area contributed by atoms with E-state index in [0.29, 0.717) is 5.69 Å². The van der Waals surface area contributed by atoms with Crippen molar-refractivity contribution < 1.29 is 0 Å². The maximum absolute atomic E-state index is 8.97. The summed E-state index contributed by atoms with van der Waals surface area (Å²) in [4.78, 5) is 8.70. The molecule has 0 bridgehead atoms. The van der Waals surface area contributed by atoms with E-state index in [4.69, 9.17) is 5.26 Å². The van der Waals surface area contributed by atoms with Crippen LogP contribution in [0.1, 0.15) is 23.7 Å². The highest BCUT2D eigenvalue weighted by atomic mass is 15.2. The van der Waals surface area contributed by atoms with Crippen molar-refractivity contribution >= 4 is 5.82 Å². The Balaban J connectivity index is 2.11. The molecule has 0 N–H and O–H groups in total. The molecule has 0 fully saturated rings. The Kier molecular flexibility index (Phi) is 5.51. The van der Waals surface area contributed by atoms with Gasteiger partial charge in [0.25, 0.3) is 0 Å². The van der Waals surface area contributed by atoms with E-state index in [1.54, 1.807) is 6.07 Å². The van der Waals surface area contributed by atoms with Crippen LogP contribution in [0.3, 0.4) is 0 Å². The van der Waals surface area contributed by atoms with Crippen LogP contribution in [0.5, 0.6) is 0 Å². The monoisotopic (exact) mass is 294 g/mol. The zero-order valence-corrected chi connectivity index (χ0v) is 13.5. The SMILES string of the molecule is CCN(Cc1ccc(CN(C)C)cc1)c1cccc(C#N)n1. The lowest BCUT2D eigenvalue weighted by atomic mass is 10.1. The van der Waals surface area contributed by atoms with Crippen LogP contribution in [0.15, 0.2) is 42.5 Å². The van der Waals surface area contributed by atoms with Gasteiger partial charge in [-0.2, -0.15) is 5.26 Å². The minimum Gasteiger partial charge on any atom is -0.353 e. The van der Waals surface area contributed by atoms with Crippen molar-refractivity contribution in [2.24, 2.45) is 0 Å². The third-order valence-electron chi connectivity index (χ3n) is 3.45. The van der Waals surface area contributed by atoms with Crippen LogP contribution in [-0.2, 0) is 13.1 Å². The summed E-state index contributed by atoms with van der Waals surface area (Å²) in [6.45, 7) is 4.69. The molecule has 0 aliphatic carbocycles.